The van der Waals surface area contributed by atoms with E-state index < -0.39 is 0 Å². The van der Waals surface area contributed by atoms with Crippen LogP contribution >= 0.6 is 0 Å². The van der Waals surface area contributed by atoms with Crippen LogP contribution < -0.4 is 5.32 Å². The number of aromatic nitrogens is 1. The van der Waals surface area contributed by atoms with E-state index in [0.29, 0.717) is 5.56 Å². The summed E-state index contributed by atoms with van der Waals surface area (Å²) in [5, 5.41) is 3.16. The topological polar surface area (TPSA) is 42.0 Å². The second-order valence-electron chi connectivity index (χ2n) is 5.92. The maximum atomic E-state index is 12.7. The van der Waals surface area contributed by atoms with Crippen molar-refractivity contribution in [3.8, 4) is 0 Å². The highest BCUT2D eigenvalue weighted by molar-refractivity contribution is 5.94. The van der Waals surface area contributed by atoms with Crippen molar-refractivity contribution in [2.75, 3.05) is 0 Å². The smallest absolute Gasteiger partial charge is 0.252 e. The van der Waals surface area contributed by atoms with Gasteiger partial charge in [0.2, 0.25) is 0 Å². The SMILES string of the molecule is Cc1ccc(C)c([C@H](NC(=O)c2ccccc2)c2cccnc2)c1. The van der Waals surface area contributed by atoms with Gasteiger partial charge in [0.25, 0.3) is 5.91 Å². The molecule has 3 nitrogen and oxygen atoms in total. The predicted molar refractivity (Wildman–Crippen MR) is 95.9 cm³/mol. The van der Waals surface area contributed by atoms with Gasteiger partial charge in [-0.1, -0.05) is 48.0 Å². The molecule has 3 heteroatoms. The van der Waals surface area contributed by atoms with E-state index in [-0.39, 0.29) is 11.9 Å². The number of nitrogens with one attached hydrogen (secondary N) is 1. The second kappa shape index (κ2) is 7.09. The number of amides is 1. The Morgan fingerprint density at radius 2 is 1.79 bits per heavy atom. The number of aryl methyl sites for hydroxylation is 2. The van der Waals surface area contributed by atoms with Gasteiger partial charge in [-0.3, -0.25) is 9.78 Å². The molecule has 0 fully saturated rings. The molecule has 0 aliphatic carbocycles. The van der Waals surface area contributed by atoms with Crippen LogP contribution in [0.25, 0.3) is 0 Å². The standard InChI is InChI=1S/C21H20N2O/c1-15-10-11-16(2)19(13-15)20(18-9-6-12-22-14-18)23-21(24)17-7-4-3-5-8-17/h3-14,20H,1-2H3,(H,23,24)/t20-/m1/s1. The van der Waals surface area contributed by atoms with Crippen molar-refractivity contribution < 1.29 is 4.79 Å². The third-order valence-corrected chi connectivity index (χ3v) is 4.07. The van der Waals surface area contributed by atoms with E-state index in [4.69, 9.17) is 0 Å². The Kier molecular flexibility index (Phi) is 4.71. The van der Waals surface area contributed by atoms with Gasteiger partial charge in [0, 0.05) is 18.0 Å². The van der Waals surface area contributed by atoms with Gasteiger partial charge in [-0.2, -0.15) is 0 Å². The highest BCUT2D eigenvalue weighted by atomic mass is 16.1. The van der Waals surface area contributed by atoms with E-state index in [9.17, 15) is 4.79 Å². The summed E-state index contributed by atoms with van der Waals surface area (Å²) in [4.78, 5) is 16.9. The number of carbonyl (C=O) groups is 1. The summed E-state index contributed by atoms with van der Waals surface area (Å²) in [5.41, 5.74) is 5.01. The molecule has 1 N–H and O–H groups in total. The number of hydrogen-bond acceptors (Lipinski definition) is 2. The van der Waals surface area contributed by atoms with Crippen LogP contribution in [-0.4, -0.2) is 10.9 Å². The molecule has 0 aliphatic heterocycles. The number of carbonyl (C=O) groups excluding carboxylic acids is 1. The maximum absolute atomic E-state index is 12.7. The molecule has 2 aromatic carbocycles. The molecule has 1 heterocycles. The minimum Gasteiger partial charge on any atom is -0.341 e. The van der Waals surface area contributed by atoms with Crippen molar-refractivity contribution >= 4 is 5.91 Å². The van der Waals surface area contributed by atoms with Crippen molar-refractivity contribution in [2.45, 2.75) is 19.9 Å². The van der Waals surface area contributed by atoms with Crippen molar-refractivity contribution in [3.63, 3.8) is 0 Å². The molecule has 0 saturated heterocycles. The van der Waals surface area contributed by atoms with Gasteiger partial charge in [0.1, 0.15) is 0 Å². The minimum atomic E-state index is -0.230. The number of rotatable bonds is 4. The molecule has 3 aromatic rings. The zero-order valence-electron chi connectivity index (χ0n) is 13.9. The Labute approximate surface area is 142 Å². The van der Waals surface area contributed by atoms with Crippen LogP contribution in [0, 0.1) is 13.8 Å². The number of benzene rings is 2. The Morgan fingerprint density at radius 3 is 2.50 bits per heavy atom. The van der Waals surface area contributed by atoms with E-state index in [1.807, 2.05) is 42.5 Å². The molecule has 120 valence electrons. The molecule has 24 heavy (non-hydrogen) atoms. The summed E-state index contributed by atoms with van der Waals surface area (Å²) in [5.74, 6) is -0.0923. The highest BCUT2D eigenvalue weighted by Gasteiger charge is 2.19. The average Bonchev–Trinajstić information content (AvgIpc) is 2.63. The molecule has 0 bridgehead atoms. The molecule has 1 amide bonds. The monoisotopic (exact) mass is 316 g/mol. The Balaban J connectivity index is 2.00. The Morgan fingerprint density at radius 1 is 1.00 bits per heavy atom. The van der Waals surface area contributed by atoms with E-state index in [1.165, 1.54) is 5.56 Å². The van der Waals surface area contributed by atoms with Gasteiger partial charge in [-0.05, 0) is 48.7 Å². The van der Waals surface area contributed by atoms with Crippen molar-refractivity contribution in [1.82, 2.24) is 10.3 Å². The fourth-order valence-corrected chi connectivity index (χ4v) is 2.76. The third kappa shape index (κ3) is 3.51. The molecule has 1 aromatic heterocycles. The molecular formula is C21H20N2O. The van der Waals surface area contributed by atoms with Gasteiger partial charge < -0.3 is 5.32 Å². The first-order valence-electron chi connectivity index (χ1n) is 7.98. The lowest BCUT2D eigenvalue weighted by molar-refractivity contribution is 0.0943. The van der Waals surface area contributed by atoms with E-state index in [2.05, 4.69) is 42.3 Å². The first-order chi connectivity index (χ1) is 11.6. The summed E-state index contributed by atoms with van der Waals surface area (Å²) in [6.07, 6.45) is 3.54. The number of hydrogen-bond donors (Lipinski definition) is 1. The largest absolute Gasteiger partial charge is 0.341 e. The average molecular weight is 316 g/mol. The lowest BCUT2D eigenvalue weighted by Crippen LogP contribution is -2.30. The summed E-state index contributed by atoms with van der Waals surface area (Å²) < 4.78 is 0. The van der Waals surface area contributed by atoms with Crippen molar-refractivity contribution in [3.05, 3.63) is 101 Å². The molecule has 0 spiro atoms. The molecule has 1 atom stereocenters. The lowest BCUT2D eigenvalue weighted by atomic mass is 9.94. The van der Waals surface area contributed by atoms with Crippen LogP contribution in [-0.2, 0) is 0 Å². The zero-order chi connectivity index (χ0) is 16.9. The van der Waals surface area contributed by atoms with Crippen LogP contribution in [0.4, 0.5) is 0 Å². The lowest BCUT2D eigenvalue weighted by Gasteiger charge is -2.22. The summed E-state index contributed by atoms with van der Waals surface area (Å²) in [6, 6.07) is 19.2. The molecule has 3 rings (SSSR count). The van der Waals surface area contributed by atoms with E-state index in [1.54, 1.807) is 12.4 Å². The van der Waals surface area contributed by atoms with Crippen LogP contribution in [0.3, 0.4) is 0 Å². The van der Waals surface area contributed by atoms with Gasteiger partial charge in [0.05, 0.1) is 6.04 Å². The fourth-order valence-electron chi connectivity index (χ4n) is 2.76. The number of nitrogens with zero attached hydrogens (tertiary/aromatic N) is 1. The second-order valence-corrected chi connectivity index (χ2v) is 5.92. The third-order valence-electron chi connectivity index (χ3n) is 4.07. The van der Waals surface area contributed by atoms with E-state index in [0.717, 1.165) is 16.7 Å². The maximum Gasteiger partial charge on any atom is 0.252 e. The van der Waals surface area contributed by atoms with Gasteiger partial charge in [0.15, 0.2) is 0 Å². The normalized spacial score (nSPS) is 11.8. The predicted octanol–water partition coefficient (Wildman–Crippen LogP) is 4.22. The van der Waals surface area contributed by atoms with Gasteiger partial charge >= 0.3 is 0 Å². The summed E-state index contributed by atoms with van der Waals surface area (Å²) in [6.45, 7) is 4.12. The Hall–Kier alpha value is -2.94. The molecule has 0 aliphatic rings. The fraction of sp³-hybridized carbons (Fsp3) is 0.143. The number of pyridine rings is 1. The molecule has 0 unspecified atom stereocenters. The minimum absolute atomic E-state index is 0.0923. The van der Waals surface area contributed by atoms with E-state index >= 15 is 0 Å². The van der Waals surface area contributed by atoms with Crippen LogP contribution in [0.1, 0.15) is 38.7 Å². The molecule has 0 saturated carbocycles. The zero-order valence-corrected chi connectivity index (χ0v) is 13.9. The quantitative estimate of drug-likeness (QED) is 0.783. The van der Waals surface area contributed by atoms with Crippen LogP contribution in [0.5, 0.6) is 0 Å². The summed E-state index contributed by atoms with van der Waals surface area (Å²) >= 11 is 0. The molecule has 0 radical (unpaired) electrons. The van der Waals surface area contributed by atoms with Crippen molar-refractivity contribution in [2.24, 2.45) is 0 Å². The highest BCUT2D eigenvalue weighted by Crippen LogP contribution is 2.26. The van der Waals surface area contributed by atoms with Crippen molar-refractivity contribution in [1.29, 1.82) is 0 Å². The molecular weight excluding hydrogens is 296 g/mol. The van der Waals surface area contributed by atoms with Gasteiger partial charge in [-0.15, -0.1) is 0 Å². The summed E-state index contributed by atoms with van der Waals surface area (Å²) in [7, 11) is 0. The van der Waals surface area contributed by atoms with Crippen LogP contribution in [0.15, 0.2) is 73.1 Å². The Bertz CT molecular complexity index is 829. The van der Waals surface area contributed by atoms with Gasteiger partial charge in [-0.25, -0.2) is 0 Å². The first kappa shape index (κ1) is 15.9. The van der Waals surface area contributed by atoms with Crippen LogP contribution in [0.2, 0.25) is 0 Å². The first-order valence-corrected chi connectivity index (χ1v) is 7.98.